The molecule has 0 saturated carbocycles. The standard InChI is InChI=1S/C11H18N3/c1-10(2,3)8-12-7-13-9(14-8)11(4,5)6/h1-6H3. The lowest BCUT2D eigenvalue weighted by molar-refractivity contribution is 0.494. The van der Waals surface area contributed by atoms with Crippen molar-refractivity contribution in [2.24, 2.45) is 0 Å². The van der Waals surface area contributed by atoms with Crippen molar-refractivity contribution in [2.75, 3.05) is 0 Å². The highest BCUT2D eigenvalue weighted by Gasteiger charge is 2.22. The zero-order valence-corrected chi connectivity index (χ0v) is 9.84. The maximum atomic E-state index is 4.46. The quantitative estimate of drug-likeness (QED) is 0.633. The molecule has 0 atom stereocenters. The third-order valence-electron chi connectivity index (χ3n) is 1.87. The molecule has 0 aliphatic carbocycles. The average Bonchev–Trinajstić information content (AvgIpc) is 2.01. The Morgan fingerprint density at radius 3 is 1.43 bits per heavy atom. The minimum Gasteiger partial charge on any atom is -0.217 e. The zero-order chi connectivity index (χ0) is 11.0. The first-order chi connectivity index (χ1) is 6.21. The molecule has 0 aliphatic heterocycles. The van der Waals surface area contributed by atoms with Crippen LogP contribution in [0.4, 0.5) is 0 Å². The summed E-state index contributed by atoms with van der Waals surface area (Å²) < 4.78 is 0. The molecule has 1 rings (SSSR count). The molecule has 1 radical (unpaired) electrons. The fraction of sp³-hybridized carbons (Fsp3) is 0.727. The Morgan fingerprint density at radius 1 is 0.786 bits per heavy atom. The molecule has 0 saturated heterocycles. The third-order valence-corrected chi connectivity index (χ3v) is 1.87. The molecule has 0 bridgehead atoms. The molecular weight excluding hydrogens is 174 g/mol. The van der Waals surface area contributed by atoms with Gasteiger partial charge in [-0.05, 0) is 0 Å². The summed E-state index contributed by atoms with van der Waals surface area (Å²) in [6.45, 7) is 12.5. The highest BCUT2D eigenvalue weighted by Crippen LogP contribution is 2.21. The average molecular weight is 192 g/mol. The summed E-state index contributed by atoms with van der Waals surface area (Å²) in [5.41, 5.74) is -0.0844. The Bertz CT molecular complexity index is 289. The predicted molar refractivity (Wildman–Crippen MR) is 56.1 cm³/mol. The van der Waals surface area contributed by atoms with E-state index in [0.29, 0.717) is 0 Å². The molecule has 0 aromatic carbocycles. The molecule has 0 unspecified atom stereocenters. The molecule has 77 valence electrons. The summed E-state index contributed by atoms with van der Waals surface area (Å²) in [5.74, 6) is 1.61. The van der Waals surface area contributed by atoms with Crippen molar-refractivity contribution in [1.82, 2.24) is 15.0 Å². The van der Waals surface area contributed by atoms with Crippen LogP contribution in [0.1, 0.15) is 53.2 Å². The second-order valence-corrected chi connectivity index (χ2v) is 5.58. The van der Waals surface area contributed by atoms with Crippen LogP contribution in [0.5, 0.6) is 0 Å². The first-order valence-electron chi connectivity index (χ1n) is 4.84. The van der Waals surface area contributed by atoms with E-state index >= 15 is 0 Å². The van der Waals surface area contributed by atoms with Crippen LogP contribution >= 0.6 is 0 Å². The Labute approximate surface area is 86.0 Å². The Balaban J connectivity index is 3.15. The lowest BCUT2D eigenvalue weighted by Crippen LogP contribution is -2.22. The van der Waals surface area contributed by atoms with Gasteiger partial charge < -0.3 is 0 Å². The van der Waals surface area contributed by atoms with Crippen LogP contribution in [0.15, 0.2) is 0 Å². The van der Waals surface area contributed by atoms with Gasteiger partial charge in [0.25, 0.3) is 0 Å². The number of hydrogen-bond acceptors (Lipinski definition) is 3. The van der Waals surface area contributed by atoms with E-state index in [9.17, 15) is 0 Å². The maximum absolute atomic E-state index is 4.46. The van der Waals surface area contributed by atoms with Gasteiger partial charge in [0.15, 0.2) is 0 Å². The number of nitrogens with zero attached hydrogens (tertiary/aromatic N) is 3. The Morgan fingerprint density at radius 2 is 1.14 bits per heavy atom. The number of rotatable bonds is 0. The molecular formula is C11H18N3. The minimum atomic E-state index is -0.0422. The van der Waals surface area contributed by atoms with Crippen LogP contribution in [0, 0.1) is 6.33 Å². The lowest BCUT2D eigenvalue weighted by Gasteiger charge is -2.20. The van der Waals surface area contributed by atoms with Crippen LogP contribution in [0.2, 0.25) is 0 Å². The fourth-order valence-corrected chi connectivity index (χ4v) is 0.941. The van der Waals surface area contributed by atoms with Gasteiger partial charge in [0.05, 0.1) is 0 Å². The summed E-state index contributed by atoms with van der Waals surface area (Å²) >= 11 is 0. The second-order valence-electron chi connectivity index (χ2n) is 5.58. The van der Waals surface area contributed by atoms with Gasteiger partial charge >= 0.3 is 0 Å². The normalized spacial score (nSPS) is 13.0. The van der Waals surface area contributed by atoms with E-state index in [1.165, 1.54) is 0 Å². The molecule has 1 aromatic heterocycles. The summed E-state index contributed by atoms with van der Waals surface area (Å²) in [5, 5.41) is 0. The van der Waals surface area contributed by atoms with E-state index in [2.05, 4.69) is 62.8 Å². The van der Waals surface area contributed by atoms with E-state index in [-0.39, 0.29) is 10.8 Å². The van der Waals surface area contributed by atoms with Crippen molar-refractivity contribution in [1.29, 1.82) is 0 Å². The Hall–Kier alpha value is -0.990. The monoisotopic (exact) mass is 192 g/mol. The van der Waals surface area contributed by atoms with Gasteiger partial charge in [-0.25, -0.2) is 15.0 Å². The Kier molecular flexibility index (Phi) is 2.61. The first kappa shape index (κ1) is 11.1. The summed E-state index contributed by atoms with van der Waals surface area (Å²) in [6, 6.07) is 0. The fourth-order valence-electron chi connectivity index (χ4n) is 0.941. The van der Waals surface area contributed by atoms with Gasteiger partial charge in [0.1, 0.15) is 11.6 Å². The molecule has 1 heterocycles. The summed E-state index contributed by atoms with van der Waals surface area (Å²) in [4.78, 5) is 12.6. The van der Waals surface area contributed by atoms with Gasteiger partial charge in [-0.15, -0.1) is 0 Å². The zero-order valence-electron chi connectivity index (χ0n) is 9.84. The molecule has 1 aromatic rings. The van der Waals surface area contributed by atoms with E-state index in [1.807, 2.05) is 0 Å². The van der Waals surface area contributed by atoms with Crippen LogP contribution < -0.4 is 0 Å². The largest absolute Gasteiger partial charge is 0.217 e. The van der Waals surface area contributed by atoms with Crippen LogP contribution in [0.3, 0.4) is 0 Å². The van der Waals surface area contributed by atoms with E-state index in [0.717, 1.165) is 11.6 Å². The van der Waals surface area contributed by atoms with E-state index in [4.69, 9.17) is 0 Å². The highest BCUT2D eigenvalue weighted by molar-refractivity contribution is 5.06. The van der Waals surface area contributed by atoms with Gasteiger partial charge in [0, 0.05) is 10.8 Å². The molecule has 14 heavy (non-hydrogen) atoms. The molecule has 0 fully saturated rings. The minimum absolute atomic E-state index is 0.0422. The molecule has 3 nitrogen and oxygen atoms in total. The molecule has 0 N–H and O–H groups in total. The van der Waals surface area contributed by atoms with E-state index < -0.39 is 0 Å². The van der Waals surface area contributed by atoms with Crippen molar-refractivity contribution in [3.8, 4) is 0 Å². The smallest absolute Gasteiger partial charge is 0.201 e. The van der Waals surface area contributed by atoms with Crippen molar-refractivity contribution in [3.05, 3.63) is 18.0 Å². The second kappa shape index (κ2) is 3.30. The SMILES string of the molecule is CC(C)(C)c1n[c]nc(C(C)(C)C)n1. The summed E-state index contributed by atoms with van der Waals surface area (Å²) in [6.07, 6.45) is 2.68. The molecule has 0 amide bonds. The molecule has 3 heteroatoms. The van der Waals surface area contributed by atoms with Gasteiger partial charge in [0.2, 0.25) is 6.33 Å². The van der Waals surface area contributed by atoms with Crippen LogP contribution in [-0.2, 0) is 10.8 Å². The number of aromatic nitrogens is 3. The third kappa shape index (κ3) is 2.50. The van der Waals surface area contributed by atoms with Crippen molar-refractivity contribution >= 4 is 0 Å². The van der Waals surface area contributed by atoms with Crippen molar-refractivity contribution in [2.45, 2.75) is 52.4 Å². The van der Waals surface area contributed by atoms with Gasteiger partial charge in [-0.1, -0.05) is 41.5 Å². The molecule has 0 spiro atoms. The topological polar surface area (TPSA) is 38.7 Å². The number of hydrogen-bond donors (Lipinski definition) is 0. The van der Waals surface area contributed by atoms with Gasteiger partial charge in [-0.2, -0.15) is 0 Å². The van der Waals surface area contributed by atoms with Crippen molar-refractivity contribution < 1.29 is 0 Å². The molecule has 0 aliphatic rings. The van der Waals surface area contributed by atoms with Gasteiger partial charge in [-0.3, -0.25) is 0 Å². The highest BCUT2D eigenvalue weighted by atomic mass is 15.0. The van der Waals surface area contributed by atoms with E-state index in [1.54, 1.807) is 0 Å². The van der Waals surface area contributed by atoms with Crippen LogP contribution in [0.25, 0.3) is 0 Å². The summed E-state index contributed by atoms with van der Waals surface area (Å²) in [7, 11) is 0. The predicted octanol–water partition coefficient (Wildman–Crippen LogP) is 2.27. The first-order valence-corrected chi connectivity index (χ1v) is 4.84. The van der Waals surface area contributed by atoms with Crippen molar-refractivity contribution in [3.63, 3.8) is 0 Å². The van der Waals surface area contributed by atoms with Crippen LogP contribution in [-0.4, -0.2) is 15.0 Å². The maximum Gasteiger partial charge on any atom is 0.201 e. The lowest BCUT2D eigenvalue weighted by atomic mass is 9.93.